The van der Waals surface area contributed by atoms with E-state index in [1.807, 2.05) is 19.1 Å². The zero-order valence-corrected chi connectivity index (χ0v) is 14.9. The van der Waals surface area contributed by atoms with Gasteiger partial charge in [-0.25, -0.2) is 4.98 Å². The molecule has 0 spiro atoms. The molecule has 26 heavy (non-hydrogen) atoms. The molecule has 1 aromatic carbocycles. The predicted octanol–water partition coefficient (Wildman–Crippen LogP) is 2.87. The van der Waals surface area contributed by atoms with Crippen LogP contribution in [0.2, 0.25) is 0 Å². The number of benzene rings is 1. The highest BCUT2D eigenvalue weighted by Gasteiger charge is 2.10. The summed E-state index contributed by atoms with van der Waals surface area (Å²) in [5, 5.41) is 6.24. The first-order valence-electron chi connectivity index (χ1n) is 7.99. The molecule has 0 atom stereocenters. The van der Waals surface area contributed by atoms with E-state index in [-0.39, 0.29) is 5.75 Å². The van der Waals surface area contributed by atoms with Gasteiger partial charge >= 0.3 is 6.61 Å². The van der Waals surface area contributed by atoms with Crippen molar-refractivity contribution in [1.82, 2.24) is 15.6 Å². The first-order chi connectivity index (χ1) is 12.5. The monoisotopic (exact) mass is 364 g/mol. The minimum absolute atomic E-state index is 0.146. The van der Waals surface area contributed by atoms with E-state index in [9.17, 15) is 8.78 Å². The third kappa shape index (κ3) is 5.87. The van der Waals surface area contributed by atoms with E-state index in [0.29, 0.717) is 30.5 Å². The molecule has 8 heteroatoms. The van der Waals surface area contributed by atoms with Crippen molar-refractivity contribution in [2.24, 2.45) is 4.99 Å². The minimum atomic E-state index is -2.87. The Bertz CT molecular complexity index is 754. The molecule has 1 heterocycles. The highest BCUT2D eigenvalue weighted by Crippen LogP contribution is 2.22. The van der Waals surface area contributed by atoms with Gasteiger partial charge in [0, 0.05) is 38.0 Å². The Hall–Kier alpha value is -2.90. The Morgan fingerprint density at radius 3 is 2.65 bits per heavy atom. The molecule has 0 amide bonds. The number of aliphatic imine (C=N–C) groups is 1. The number of hydrogen-bond donors (Lipinski definition) is 2. The SMILES string of the molecule is CN=C(NCc1ccnc(OC)c1)NCc1cc(C)ccc1OC(F)F. The van der Waals surface area contributed by atoms with Crippen molar-refractivity contribution in [1.29, 1.82) is 0 Å². The van der Waals surface area contributed by atoms with E-state index in [1.165, 1.54) is 6.07 Å². The Kier molecular flexibility index (Phi) is 7.13. The molecule has 2 rings (SSSR count). The number of halogens is 2. The van der Waals surface area contributed by atoms with Gasteiger partial charge in [0.05, 0.1) is 7.11 Å². The van der Waals surface area contributed by atoms with Gasteiger partial charge < -0.3 is 20.1 Å². The number of nitrogens with one attached hydrogen (secondary N) is 2. The molecule has 0 unspecified atom stereocenters. The second-order valence-corrected chi connectivity index (χ2v) is 5.48. The molecule has 0 radical (unpaired) electrons. The number of nitrogens with zero attached hydrogens (tertiary/aromatic N) is 2. The van der Waals surface area contributed by atoms with Gasteiger partial charge in [-0.05, 0) is 24.6 Å². The summed E-state index contributed by atoms with van der Waals surface area (Å²) in [6.45, 7) is -0.175. The van der Waals surface area contributed by atoms with Gasteiger partial charge in [-0.3, -0.25) is 4.99 Å². The van der Waals surface area contributed by atoms with Gasteiger partial charge in [-0.2, -0.15) is 8.78 Å². The maximum Gasteiger partial charge on any atom is 0.387 e. The third-order valence-corrected chi connectivity index (χ3v) is 3.57. The van der Waals surface area contributed by atoms with E-state index in [1.54, 1.807) is 32.5 Å². The first kappa shape index (κ1) is 19.4. The molecule has 2 N–H and O–H groups in total. The van der Waals surface area contributed by atoms with Crippen LogP contribution in [0.15, 0.2) is 41.5 Å². The lowest BCUT2D eigenvalue weighted by atomic mass is 10.1. The maximum atomic E-state index is 12.5. The van der Waals surface area contributed by atoms with Crippen LogP contribution in [0.5, 0.6) is 11.6 Å². The summed E-state index contributed by atoms with van der Waals surface area (Å²) in [6, 6.07) is 8.74. The van der Waals surface area contributed by atoms with Crippen LogP contribution in [0.3, 0.4) is 0 Å². The average Bonchev–Trinajstić information content (AvgIpc) is 2.63. The van der Waals surface area contributed by atoms with Crippen LogP contribution in [0.25, 0.3) is 0 Å². The summed E-state index contributed by atoms with van der Waals surface area (Å²) in [4.78, 5) is 8.18. The van der Waals surface area contributed by atoms with Crippen LogP contribution in [0.1, 0.15) is 16.7 Å². The summed E-state index contributed by atoms with van der Waals surface area (Å²) < 4.78 is 34.7. The molecule has 0 saturated carbocycles. The number of rotatable bonds is 7. The van der Waals surface area contributed by atoms with E-state index >= 15 is 0 Å². The van der Waals surface area contributed by atoms with Crippen molar-refractivity contribution >= 4 is 5.96 Å². The van der Waals surface area contributed by atoms with E-state index in [0.717, 1.165) is 11.1 Å². The molecular weight excluding hydrogens is 342 g/mol. The molecule has 0 aliphatic rings. The van der Waals surface area contributed by atoms with Crippen LogP contribution >= 0.6 is 0 Å². The molecule has 0 saturated heterocycles. The number of guanidine groups is 1. The van der Waals surface area contributed by atoms with Crippen molar-refractivity contribution in [3.05, 3.63) is 53.2 Å². The highest BCUT2D eigenvalue weighted by molar-refractivity contribution is 5.79. The molecule has 1 aromatic heterocycles. The fourth-order valence-corrected chi connectivity index (χ4v) is 2.31. The molecular formula is C18H22F2N4O2. The predicted molar refractivity (Wildman–Crippen MR) is 95.6 cm³/mol. The van der Waals surface area contributed by atoms with Crippen molar-refractivity contribution in [2.75, 3.05) is 14.2 Å². The number of aromatic nitrogens is 1. The molecule has 140 valence electrons. The lowest BCUT2D eigenvalue weighted by molar-refractivity contribution is -0.0504. The first-order valence-corrected chi connectivity index (χ1v) is 7.99. The molecule has 2 aromatic rings. The van der Waals surface area contributed by atoms with Crippen LogP contribution in [-0.4, -0.2) is 31.7 Å². The average molecular weight is 364 g/mol. The normalized spacial score (nSPS) is 11.4. The summed E-state index contributed by atoms with van der Waals surface area (Å²) in [6.07, 6.45) is 1.66. The number of methoxy groups -OCH3 is 1. The lowest BCUT2D eigenvalue weighted by Gasteiger charge is -2.15. The molecule has 0 aliphatic carbocycles. The quantitative estimate of drug-likeness (QED) is 0.584. The smallest absolute Gasteiger partial charge is 0.387 e. The summed E-state index contributed by atoms with van der Waals surface area (Å²) in [5.41, 5.74) is 2.55. The van der Waals surface area contributed by atoms with Crippen molar-refractivity contribution in [2.45, 2.75) is 26.6 Å². The van der Waals surface area contributed by atoms with Gasteiger partial charge in [0.25, 0.3) is 0 Å². The summed E-state index contributed by atoms with van der Waals surface area (Å²) >= 11 is 0. The van der Waals surface area contributed by atoms with Crippen LogP contribution in [-0.2, 0) is 13.1 Å². The third-order valence-electron chi connectivity index (χ3n) is 3.57. The zero-order chi connectivity index (χ0) is 18.9. The number of ether oxygens (including phenoxy) is 2. The molecule has 0 aliphatic heterocycles. The topological polar surface area (TPSA) is 67.8 Å². The van der Waals surface area contributed by atoms with Gasteiger partial charge in [0.1, 0.15) is 5.75 Å². The van der Waals surface area contributed by atoms with Crippen LogP contribution < -0.4 is 20.1 Å². The van der Waals surface area contributed by atoms with E-state index < -0.39 is 6.61 Å². The Morgan fingerprint density at radius 1 is 1.19 bits per heavy atom. The fraction of sp³-hybridized carbons (Fsp3) is 0.333. The summed E-state index contributed by atoms with van der Waals surface area (Å²) in [7, 11) is 3.19. The zero-order valence-electron chi connectivity index (χ0n) is 14.9. The fourth-order valence-electron chi connectivity index (χ4n) is 2.31. The van der Waals surface area contributed by atoms with Gasteiger partial charge in [-0.15, -0.1) is 0 Å². The number of aryl methyl sites for hydroxylation is 1. The molecule has 0 bridgehead atoms. The second-order valence-electron chi connectivity index (χ2n) is 5.48. The van der Waals surface area contributed by atoms with Gasteiger partial charge in [-0.1, -0.05) is 17.7 Å². The minimum Gasteiger partial charge on any atom is -0.481 e. The second kappa shape index (κ2) is 9.55. The summed E-state index contributed by atoms with van der Waals surface area (Å²) in [5.74, 6) is 1.21. The van der Waals surface area contributed by atoms with Crippen molar-refractivity contribution < 1.29 is 18.3 Å². The number of hydrogen-bond acceptors (Lipinski definition) is 4. The van der Waals surface area contributed by atoms with E-state index in [2.05, 4.69) is 25.3 Å². The highest BCUT2D eigenvalue weighted by atomic mass is 19.3. The van der Waals surface area contributed by atoms with Crippen molar-refractivity contribution in [3.8, 4) is 11.6 Å². The number of alkyl halides is 2. The molecule has 6 nitrogen and oxygen atoms in total. The Labute approximate surface area is 151 Å². The van der Waals surface area contributed by atoms with Gasteiger partial charge in [0.2, 0.25) is 5.88 Å². The van der Waals surface area contributed by atoms with E-state index in [4.69, 9.17) is 4.74 Å². The number of pyridine rings is 1. The van der Waals surface area contributed by atoms with Crippen LogP contribution in [0.4, 0.5) is 8.78 Å². The van der Waals surface area contributed by atoms with Crippen molar-refractivity contribution in [3.63, 3.8) is 0 Å². The lowest BCUT2D eigenvalue weighted by Crippen LogP contribution is -2.36. The largest absolute Gasteiger partial charge is 0.481 e. The Morgan fingerprint density at radius 2 is 1.96 bits per heavy atom. The van der Waals surface area contributed by atoms with Gasteiger partial charge in [0.15, 0.2) is 5.96 Å². The maximum absolute atomic E-state index is 12.5. The Balaban J connectivity index is 1.97. The molecule has 0 fully saturated rings. The standard InChI is InChI=1S/C18H22F2N4O2/c1-12-4-5-15(26-17(19)20)14(8-12)11-24-18(21-2)23-10-13-6-7-22-16(9-13)25-3/h4-9,17H,10-11H2,1-3H3,(H2,21,23,24). The van der Waals surface area contributed by atoms with Crippen LogP contribution in [0, 0.1) is 6.92 Å².